The molecule has 2 atom stereocenters. The van der Waals surface area contributed by atoms with Crippen molar-refractivity contribution in [3.05, 3.63) is 35.4 Å². The van der Waals surface area contributed by atoms with Gasteiger partial charge in [0.2, 0.25) is 0 Å². The Morgan fingerprint density at radius 3 is 2.50 bits per heavy atom. The van der Waals surface area contributed by atoms with E-state index in [4.69, 9.17) is 5.73 Å². The van der Waals surface area contributed by atoms with Crippen LogP contribution in [0.3, 0.4) is 0 Å². The van der Waals surface area contributed by atoms with Gasteiger partial charge in [-0.05, 0) is 42.0 Å². The van der Waals surface area contributed by atoms with E-state index in [1.807, 2.05) is 0 Å². The number of nitrogens with two attached hydrogens (primary N) is 1. The van der Waals surface area contributed by atoms with Gasteiger partial charge in [0.05, 0.1) is 0 Å². The number of nitrogens with zero attached hydrogens (tertiary/aromatic N) is 1. The van der Waals surface area contributed by atoms with Crippen LogP contribution in [0.15, 0.2) is 18.2 Å². The van der Waals surface area contributed by atoms with Gasteiger partial charge in [0.25, 0.3) is 0 Å². The summed E-state index contributed by atoms with van der Waals surface area (Å²) in [4.78, 5) is 2.29. The SMILES string of the molecule is CC(C)(C)C1CCN(C(CN)c2ccc(F)c(F)c2)C1. The van der Waals surface area contributed by atoms with Crippen molar-refractivity contribution in [3.63, 3.8) is 0 Å². The molecular formula is C16H24F2N2. The Labute approximate surface area is 120 Å². The van der Waals surface area contributed by atoms with E-state index in [0.29, 0.717) is 12.5 Å². The second-order valence-electron chi connectivity index (χ2n) is 6.77. The van der Waals surface area contributed by atoms with E-state index in [-0.39, 0.29) is 11.5 Å². The second-order valence-corrected chi connectivity index (χ2v) is 6.77. The Kier molecular flexibility index (Phi) is 4.45. The van der Waals surface area contributed by atoms with Crippen molar-refractivity contribution in [2.24, 2.45) is 17.1 Å². The van der Waals surface area contributed by atoms with Crippen LogP contribution in [0.2, 0.25) is 0 Å². The standard InChI is InChI=1S/C16H24F2N2/c1-16(2,3)12-6-7-20(10-12)15(9-19)11-4-5-13(17)14(18)8-11/h4-5,8,12,15H,6-7,9-10,19H2,1-3H3. The monoisotopic (exact) mass is 282 g/mol. The maximum Gasteiger partial charge on any atom is 0.159 e. The minimum absolute atomic E-state index is 0.0301. The van der Waals surface area contributed by atoms with Crippen molar-refractivity contribution >= 4 is 0 Å². The Morgan fingerprint density at radius 1 is 1.30 bits per heavy atom. The molecule has 2 rings (SSSR count). The molecule has 2 nitrogen and oxygen atoms in total. The van der Waals surface area contributed by atoms with Gasteiger partial charge in [-0.15, -0.1) is 0 Å². The summed E-state index contributed by atoms with van der Waals surface area (Å²) in [5, 5.41) is 0. The van der Waals surface area contributed by atoms with Gasteiger partial charge in [-0.1, -0.05) is 26.8 Å². The molecule has 1 saturated heterocycles. The summed E-state index contributed by atoms with van der Waals surface area (Å²) < 4.78 is 26.4. The topological polar surface area (TPSA) is 29.3 Å². The zero-order chi connectivity index (χ0) is 14.9. The Hall–Kier alpha value is -1.00. The lowest BCUT2D eigenvalue weighted by molar-refractivity contribution is 0.197. The molecule has 1 aliphatic rings. The minimum Gasteiger partial charge on any atom is -0.329 e. The zero-order valence-electron chi connectivity index (χ0n) is 12.5. The normalized spacial score (nSPS) is 22.2. The lowest BCUT2D eigenvalue weighted by Crippen LogP contribution is -2.33. The first-order valence-corrected chi connectivity index (χ1v) is 7.22. The van der Waals surface area contributed by atoms with Gasteiger partial charge < -0.3 is 5.73 Å². The molecule has 1 heterocycles. The Bertz CT molecular complexity index is 468. The highest BCUT2D eigenvalue weighted by Crippen LogP contribution is 2.37. The maximum absolute atomic E-state index is 13.4. The molecule has 1 aromatic rings. The first-order chi connectivity index (χ1) is 9.32. The Balaban J connectivity index is 2.15. The van der Waals surface area contributed by atoms with Crippen molar-refractivity contribution in [2.45, 2.75) is 33.2 Å². The van der Waals surface area contributed by atoms with E-state index in [0.717, 1.165) is 25.1 Å². The maximum atomic E-state index is 13.4. The predicted molar refractivity (Wildman–Crippen MR) is 77.3 cm³/mol. The predicted octanol–water partition coefficient (Wildman–Crippen LogP) is 3.33. The third-order valence-electron chi connectivity index (χ3n) is 4.44. The van der Waals surface area contributed by atoms with Gasteiger partial charge in [0.15, 0.2) is 11.6 Å². The van der Waals surface area contributed by atoms with Crippen LogP contribution >= 0.6 is 0 Å². The van der Waals surface area contributed by atoms with Crippen LogP contribution in [0.1, 0.15) is 38.8 Å². The highest BCUT2D eigenvalue weighted by Gasteiger charge is 2.34. The first-order valence-electron chi connectivity index (χ1n) is 7.22. The Morgan fingerprint density at radius 2 is 2.00 bits per heavy atom. The van der Waals surface area contributed by atoms with E-state index >= 15 is 0 Å². The first kappa shape index (κ1) is 15.4. The molecule has 0 amide bonds. The molecule has 4 heteroatoms. The summed E-state index contributed by atoms with van der Waals surface area (Å²) in [7, 11) is 0. The molecule has 0 saturated carbocycles. The quantitative estimate of drug-likeness (QED) is 0.921. The van der Waals surface area contributed by atoms with Gasteiger partial charge in [0.1, 0.15) is 0 Å². The minimum atomic E-state index is -0.807. The number of hydrogen-bond acceptors (Lipinski definition) is 2. The highest BCUT2D eigenvalue weighted by atomic mass is 19.2. The van der Waals surface area contributed by atoms with Crippen molar-refractivity contribution in [2.75, 3.05) is 19.6 Å². The fraction of sp³-hybridized carbons (Fsp3) is 0.625. The lowest BCUT2D eigenvalue weighted by atomic mass is 9.80. The summed E-state index contributed by atoms with van der Waals surface area (Å²) in [5.74, 6) is -0.993. The fourth-order valence-corrected chi connectivity index (χ4v) is 2.99. The van der Waals surface area contributed by atoms with E-state index < -0.39 is 11.6 Å². The fourth-order valence-electron chi connectivity index (χ4n) is 2.99. The van der Waals surface area contributed by atoms with Crippen molar-refractivity contribution in [3.8, 4) is 0 Å². The zero-order valence-corrected chi connectivity index (χ0v) is 12.5. The molecule has 0 bridgehead atoms. The van der Waals surface area contributed by atoms with Crippen molar-refractivity contribution in [1.29, 1.82) is 0 Å². The summed E-state index contributed by atoms with van der Waals surface area (Å²) in [6.45, 7) is 9.08. The van der Waals surface area contributed by atoms with Crippen LogP contribution in [0.5, 0.6) is 0 Å². The smallest absolute Gasteiger partial charge is 0.159 e. The van der Waals surface area contributed by atoms with Crippen LogP contribution in [-0.2, 0) is 0 Å². The largest absolute Gasteiger partial charge is 0.329 e. The van der Waals surface area contributed by atoms with Crippen LogP contribution in [-0.4, -0.2) is 24.5 Å². The number of benzene rings is 1. The summed E-state index contributed by atoms with van der Waals surface area (Å²) in [5.41, 5.74) is 6.90. The van der Waals surface area contributed by atoms with Gasteiger partial charge in [-0.2, -0.15) is 0 Å². The van der Waals surface area contributed by atoms with Crippen LogP contribution in [0.25, 0.3) is 0 Å². The van der Waals surface area contributed by atoms with Gasteiger partial charge >= 0.3 is 0 Å². The molecule has 0 radical (unpaired) electrons. The van der Waals surface area contributed by atoms with Crippen LogP contribution in [0, 0.1) is 23.0 Å². The second kappa shape index (κ2) is 5.78. The van der Waals surface area contributed by atoms with Crippen molar-refractivity contribution in [1.82, 2.24) is 4.90 Å². The van der Waals surface area contributed by atoms with Gasteiger partial charge in [-0.3, -0.25) is 4.90 Å². The number of likely N-dealkylation sites (tertiary alicyclic amines) is 1. The average Bonchev–Trinajstić information content (AvgIpc) is 2.84. The molecule has 1 aromatic carbocycles. The summed E-state index contributed by atoms with van der Waals surface area (Å²) in [6, 6.07) is 4.07. The summed E-state index contributed by atoms with van der Waals surface area (Å²) >= 11 is 0. The average molecular weight is 282 g/mol. The molecule has 20 heavy (non-hydrogen) atoms. The highest BCUT2D eigenvalue weighted by molar-refractivity contribution is 5.22. The molecule has 112 valence electrons. The van der Waals surface area contributed by atoms with E-state index in [9.17, 15) is 8.78 Å². The molecule has 1 fully saturated rings. The van der Waals surface area contributed by atoms with E-state index in [1.54, 1.807) is 6.07 Å². The molecular weight excluding hydrogens is 258 g/mol. The van der Waals surface area contributed by atoms with Crippen LogP contribution < -0.4 is 5.73 Å². The summed E-state index contributed by atoms with van der Waals surface area (Å²) in [6.07, 6.45) is 1.13. The lowest BCUT2D eigenvalue weighted by Gasteiger charge is -2.30. The molecule has 0 spiro atoms. The van der Waals surface area contributed by atoms with Gasteiger partial charge in [0, 0.05) is 19.1 Å². The molecule has 0 aliphatic carbocycles. The number of rotatable bonds is 3. The van der Waals surface area contributed by atoms with Gasteiger partial charge in [-0.25, -0.2) is 8.78 Å². The van der Waals surface area contributed by atoms with Crippen LogP contribution in [0.4, 0.5) is 8.78 Å². The number of hydrogen-bond donors (Lipinski definition) is 1. The third-order valence-corrected chi connectivity index (χ3v) is 4.44. The van der Waals surface area contributed by atoms with E-state index in [2.05, 4.69) is 25.7 Å². The molecule has 2 unspecified atom stereocenters. The van der Waals surface area contributed by atoms with Crippen molar-refractivity contribution < 1.29 is 8.78 Å². The third kappa shape index (κ3) is 3.18. The number of halogens is 2. The molecule has 0 aromatic heterocycles. The van der Waals surface area contributed by atoms with E-state index in [1.165, 1.54) is 12.1 Å². The molecule has 1 aliphatic heterocycles. The molecule has 2 N–H and O–H groups in total.